The number of ether oxygens (including phenoxy) is 3. The minimum absolute atomic E-state index is 0.107. The van der Waals surface area contributed by atoms with E-state index in [0.717, 1.165) is 11.8 Å². The first kappa shape index (κ1) is 18.9. The summed E-state index contributed by atoms with van der Waals surface area (Å²) in [6.07, 6.45) is 0.815. The average molecular weight is 346 g/mol. The van der Waals surface area contributed by atoms with E-state index in [9.17, 15) is 9.18 Å². The van der Waals surface area contributed by atoms with Gasteiger partial charge in [0.2, 0.25) is 0 Å². The molecule has 0 N–H and O–H groups in total. The van der Waals surface area contributed by atoms with E-state index in [2.05, 4.69) is 0 Å². The fraction of sp³-hybridized carbons (Fsp3) is 0.350. The van der Waals surface area contributed by atoms with Crippen molar-refractivity contribution < 1.29 is 23.4 Å². The van der Waals surface area contributed by atoms with E-state index in [1.54, 1.807) is 19.2 Å². The second-order valence-electron chi connectivity index (χ2n) is 5.91. The SMILES string of the molecule is COCCOc1cc(C(C)C)c(C=O)c(-c2ccc(F)cc2)c1OC. The van der Waals surface area contributed by atoms with E-state index >= 15 is 0 Å². The molecule has 4 nitrogen and oxygen atoms in total. The maximum atomic E-state index is 13.3. The first-order valence-electron chi connectivity index (χ1n) is 8.11. The number of methoxy groups -OCH3 is 2. The molecule has 0 spiro atoms. The Hall–Kier alpha value is -2.40. The van der Waals surface area contributed by atoms with Gasteiger partial charge in [-0.3, -0.25) is 4.79 Å². The zero-order valence-corrected chi connectivity index (χ0v) is 15.0. The van der Waals surface area contributed by atoms with Gasteiger partial charge in [-0.25, -0.2) is 4.39 Å². The normalized spacial score (nSPS) is 10.8. The van der Waals surface area contributed by atoms with Crippen LogP contribution in [0.2, 0.25) is 0 Å². The van der Waals surface area contributed by atoms with Crippen molar-refractivity contribution in [1.29, 1.82) is 0 Å². The zero-order chi connectivity index (χ0) is 18.4. The molecule has 2 aromatic carbocycles. The van der Waals surface area contributed by atoms with Gasteiger partial charge in [0, 0.05) is 18.2 Å². The average Bonchev–Trinajstić information content (AvgIpc) is 2.61. The van der Waals surface area contributed by atoms with Gasteiger partial charge < -0.3 is 14.2 Å². The van der Waals surface area contributed by atoms with Crippen molar-refractivity contribution in [3.05, 3.63) is 47.3 Å². The Bertz CT molecular complexity index is 723. The molecule has 0 unspecified atom stereocenters. The Labute approximate surface area is 147 Å². The highest BCUT2D eigenvalue weighted by Gasteiger charge is 2.22. The van der Waals surface area contributed by atoms with E-state index in [4.69, 9.17) is 14.2 Å². The molecule has 0 saturated heterocycles. The van der Waals surface area contributed by atoms with Crippen molar-refractivity contribution in [2.24, 2.45) is 0 Å². The third kappa shape index (κ3) is 4.17. The molecule has 0 bridgehead atoms. The van der Waals surface area contributed by atoms with Gasteiger partial charge in [0.15, 0.2) is 17.8 Å². The van der Waals surface area contributed by atoms with Crippen molar-refractivity contribution in [3.63, 3.8) is 0 Å². The van der Waals surface area contributed by atoms with Crippen LogP contribution in [0.1, 0.15) is 35.7 Å². The summed E-state index contributed by atoms with van der Waals surface area (Å²) in [5, 5.41) is 0. The van der Waals surface area contributed by atoms with Gasteiger partial charge in [-0.1, -0.05) is 26.0 Å². The van der Waals surface area contributed by atoms with E-state index < -0.39 is 0 Å². The van der Waals surface area contributed by atoms with Crippen LogP contribution in [0.3, 0.4) is 0 Å². The van der Waals surface area contributed by atoms with Crippen LogP contribution in [0, 0.1) is 5.82 Å². The predicted octanol–water partition coefficient (Wildman–Crippen LogP) is 4.46. The van der Waals surface area contributed by atoms with Crippen molar-refractivity contribution in [1.82, 2.24) is 0 Å². The van der Waals surface area contributed by atoms with Crippen molar-refractivity contribution in [2.45, 2.75) is 19.8 Å². The summed E-state index contributed by atoms with van der Waals surface area (Å²) in [6, 6.07) is 7.80. The highest BCUT2D eigenvalue weighted by atomic mass is 19.1. The van der Waals surface area contributed by atoms with Gasteiger partial charge in [-0.15, -0.1) is 0 Å². The van der Waals surface area contributed by atoms with Crippen LogP contribution >= 0.6 is 0 Å². The van der Waals surface area contributed by atoms with E-state index in [1.807, 2.05) is 19.9 Å². The Morgan fingerprint density at radius 2 is 1.80 bits per heavy atom. The summed E-state index contributed by atoms with van der Waals surface area (Å²) in [7, 11) is 3.12. The number of halogens is 1. The van der Waals surface area contributed by atoms with Crippen LogP contribution in [0.5, 0.6) is 11.5 Å². The predicted molar refractivity (Wildman–Crippen MR) is 95.2 cm³/mol. The molecule has 5 heteroatoms. The number of carbonyl (C=O) groups excluding carboxylic acids is 1. The smallest absolute Gasteiger partial charge is 0.169 e. The van der Waals surface area contributed by atoms with Crippen LogP contribution < -0.4 is 9.47 Å². The molecule has 0 saturated carbocycles. The van der Waals surface area contributed by atoms with Gasteiger partial charge in [0.1, 0.15) is 12.4 Å². The molecule has 134 valence electrons. The van der Waals surface area contributed by atoms with Crippen molar-refractivity contribution >= 4 is 6.29 Å². The van der Waals surface area contributed by atoms with Crippen molar-refractivity contribution in [3.8, 4) is 22.6 Å². The summed E-state index contributed by atoms with van der Waals surface area (Å²) in [5.74, 6) is 0.754. The summed E-state index contributed by atoms with van der Waals surface area (Å²) < 4.78 is 29.7. The lowest BCUT2D eigenvalue weighted by atomic mass is 9.89. The van der Waals surface area contributed by atoms with Gasteiger partial charge >= 0.3 is 0 Å². The van der Waals surface area contributed by atoms with Crippen molar-refractivity contribution in [2.75, 3.05) is 27.4 Å². The molecule has 0 atom stereocenters. The quantitative estimate of drug-likeness (QED) is 0.523. The summed E-state index contributed by atoms with van der Waals surface area (Å²) in [6.45, 7) is 4.79. The Morgan fingerprint density at radius 3 is 2.32 bits per heavy atom. The summed E-state index contributed by atoms with van der Waals surface area (Å²) in [4.78, 5) is 11.8. The lowest BCUT2D eigenvalue weighted by Crippen LogP contribution is -2.08. The molecule has 0 aliphatic carbocycles. The topological polar surface area (TPSA) is 44.8 Å². The number of rotatable bonds is 8. The van der Waals surface area contributed by atoms with Gasteiger partial charge in [0.25, 0.3) is 0 Å². The number of hydrogen-bond acceptors (Lipinski definition) is 4. The first-order chi connectivity index (χ1) is 12.0. The van der Waals surface area contributed by atoms with Crippen LogP contribution in [-0.2, 0) is 4.74 Å². The lowest BCUT2D eigenvalue weighted by molar-refractivity contribution is 0.112. The molecular weight excluding hydrogens is 323 g/mol. The molecule has 2 aromatic rings. The van der Waals surface area contributed by atoms with Crippen LogP contribution in [0.4, 0.5) is 4.39 Å². The van der Waals surface area contributed by atoms with E-state index in [1.165, 1.54) is 19.2 Å². The molecule has 2 rings (SSSR count). The lowest BCUT2D eigenvalue weighted by Gasteiger charge is -2.21. The fourth-order valence-corrected chi connectivity index (χ4v) is 2.73. The molecule has 0 aromatic heterocycles. The second-order valence-corrected chi connectivity index (χ2v) is 5.91. The van der Waals surface area contributed by atoms with Crippen LogP contribution in [-0.4, -0.2) is 33.7 Å². The monoisotopic (exact) mass is 346 g/mol. The highest BCUT2D eigenvalue weighted by Crippen LogP contribution is 2.43. The van der Waals surface area contributed by atoms with Crippen LogP contribution in [0.25, 0.3) is 11.1 Å². The minimum atomic E-state index is -0.341. The van der Waals surface area contributed by atoms with Gasteiger partial charge in [-0.05, 0) is 35.2 Å². The van der Waals surface area contributed by atoms with Gasteiger partial charge in [0.05, 0.1) is 13.7 Å². The molecule has 25 heavy (non-hydrogen) atoms. The standard InChI is InChI=1S/C20H23FO4/c1-13(2)16-11-18(25-10-9-23-3)20(24-4)19(17(16)12-22)14-5-7-15(21)8-6-14/h5-8,11-13H,9-10H2,1-4H3. The third-order valence-corrected chi connectivity index (χ3v) is 3.94. The number of hydrogen-bond donors (Lipinski definition) is 0. The minimum Gasteiger partial charge on any atom is -0.492 e. The fourth-order valence-electron chi connectivity index (χ4n) is 2.73. The summed E-state index contributed by atoms with van der Waals surface area (Å²) >= 11 is 0. The zero-order valence-electron chi connectivity index (χ0n) is 15.0. The maximum absolute atomic E-state index is 13.3. The molecule has 0 aliphatic heterocycles. The van der Waals surface area contributed by atoms with Gasteiger partial charge in [-0.2, -0.15) is 0 Å². The molecule has 0 heterocycles. The molecular formula is C20H23FO4. The summed E-state index contributed by atoms with van der Waals surface area (Å²) in [5.41, 5.74) is 2.68. The third-order valence-electron chi connectivity index (χ3n) is 3.94. The highest BCUT2D eigenvalue weighted by molar-refractivity contribution is 5.94. The number of aldehydes is 1. The molecule has 0 radical (unpaired) electrons. The Kier molecular flexibility index (Phi) is 6.53. The first-order valence-corrected chi connectivity index (χ1v) is 8.11. The largest absolute Gasteiger partial charge is 0.492 e. The molecule has 0 aliphatic rings. The molecule has 0 fully saturated rings. The van der Waals surface area contributed by atoms with E-state index in [0.29, 0.717) is 41.4 Å². The number of benzene rings is 2. The number of carbonyl (C=O) groups is 1. The van der Waals surface area contributed by atoms with Crippen LogP contribution in [0.15, 0.2) is 30.3 Å². The Balaban J connectivity index is 2.71. The molecule has 0 amide bonds. The Morgan fingerprint density at radius 1 is 1.12 bits per heavy atom. The maximum Gasteiger partial charge on any atom is 0.169 e. The van der Waals surface area contributed by atoms with E-state index in [-0.39, 0.29) is 11.7 Å². The second kappa shape index (κ2) is 8.62.